The van der Waals surface area contributed by atoms with Crippen LogP contribution in [0.4, 0.5) is 13.6 Å². The fourth-order valence-corrected chi connectivity index (χ4v) is 1.19. The van der Waals surface area contributed by atoms with Gasteiger partial charge in [-0.2, -0.15) is 0 Å². The maximum atomic E-state index is 13.3. The molecule has 0 spiro atoms. The van der Waals surface area contributed by atoms with Gasteiger partial charge in [-0.3, -0.25) is 0 Å². The Labute approximate surface area is 104 Å². The van der Waals surface area contributed by atoms with Crippen LogP contribution in [0.5, 0.6) is 5.75 Å². The average Bonchev–Trinajstić information content (AvgIpc) is 2.19. The minimum Gasteiger partial charge on any atom is -0.505 e. The van der Waals surface area contributed by atoms with Gasteiger partial charge in [0.15, 0.2) is 11.6 Å². The zero-order valence-corrected chi connectivity index (χ0v) is 10.4. The van der Waals surface area contributed by atoms with E-state index in [1.54, 1.807) is 20.8 Å². The van der Waals surface area contributed by atoms with Gasteiger partial charge in [-0.15, -0.1) is 0 Å². The molecule has 4 nitrogen and oxygen atoms in total. The number of carbonyl (C=O) groups excluding carboxylic acids is 1. The normalized spacial score (nSPS) is 11.2. The van der Waals surface area contributed by atoms with E-state index in [9.17, 15) is 13.6 Å². The fraction of sp³-hybridized carbons (Fsp3) is 0.417. The summed E-state index contributed by atoms with van der Waals surface area (Å²) in [6.07, 6.45) is -0.726. The molecule has 1 rings (SSSR count). The number of alkyl carbamates (subject to hydrolysis) is 1. The van der Waals surface area contributed by atoms with Crippen molar-refractivity contribution in [3.63, 3.8) is 0 Å². The molecule has 0 radical (unpaired) electrons. The molecule has 1 aromatic rings. The fourth-order valence-electron chi connectivity index (χ4n) is 1.19. The lowest BCUT2D eigenvalue weighted by molar-refractivity contribution is 0.0523. The Bertz CT molecular complexity index is 455. The van der Waals surface area contributed by atoms with Gasteiger partial charge in [-0.05, 0) is 26.8 Å². The quantitative estimate of drug-likeness (QED) is 0.858. The Morgan fingerprint density at radius 3 is 2.50 bits per heavy atom. The number of aromatic hydroxyl groups is 1. The average molecular weight is 259 g/mol. The molecule has 0 bridgehead atoms. The predicted octanol–water partition coefficient (Wildman–Crippen LogP) is 2.70. The van der Waals surface area contributed by atoms with Crippen LogP contribution in [0.25, 0.3) is 0 Å². The number of nitrogens with one attached hydrogen (secondary N) is 1. The Kier molecular flexibility index (Phi) is 4.11. The van der Waals surface area contributed by atoms with Gasteiger partial charge < -0.3 is 15.2 Å². The van der Waals surface area contributed by atoms with Crippen LogP contribution in [-0.2, 0) is 11.3 Å². The van der Waals surface area contributed by atoms with Crippen molar-refractivity contribution in [2.24, 2.45) is 0 Å². The van der Waals surface area contributed by atoms with Gasteiger partial charge in [0.2, 0.25) is 0 Å². The molecule has 0 aliphatic carbocycles. The van der Waals surface area contributed by atoms with Gasteiger partial charge in [0.05, 0.1) is 0 Å². The summed E-state index contributed by atoms with van der Waals surface area (Å²) in [5, 5.41) is 11.2. The standard InChI is InChI=1S/C12H15F2NO3/c1-12(2,3)18-11(17)15-6-7-4-9(14)10(16)5-8(7)13/h4-5,16H,6H2,1-3H3,(H,15,17). The molecule has 100 valence electrons. The third kappa shape index (κ3) is 4.20. The van der Waals surface area contributed by atoms with Crippen LogP contribution in [0, 0.1) is 11.6 Å². The summed E-state index contributed by atoms with van der Waals surface area (Å²) in [5.41, 5.74) is -0.737. The smallest absolute Gasteiger partial charge is 0.407 e. The summed E-state index contributed by atoms with van der Waals surface area (Å²) >= 11 is 0. The van der Waals surface area contributed by atoms with Crippen molar-refractivity contribution < 1.29 is 23.4 Å². The number of carbonyl (C=O) groups is 1. The second kappa shape index (κ2) is 5.20. The first-order valence-electron chi connectivity index (χ1n) is 5.33. The van der Waals surface area contributed by atoms with Gasteiger partial charge in [0.25, 0.3) is 0 Å². The Morgan fingerprint density at radius 2 is 1.94 bits per heavy atom. The van der Waals surface area contributed by atoms with Crippen molar-refractivity contribution in [3.05, 3.63) is 29.3 Å². The minimum absolute atomic E-state index is 0.0730. The first-order valence-corrected chi connectivity index (χ1v) is 5.33. The molecule has 0 aliphatic heterocycles. The number of hydrogen-bond donors (Lipinski definition) is 2. The Balaban J connectivity index is 2.64. The number of rotatable bonds is 2. The lowest BCUT2D eigenvalue weighted by Gasteiger charge is -2.19. The number of ether oxygens (including phenoxy) is 1. The number of halogens is 2. The van der Waals surface area contributed by atoms with Gasteiger partial charge in [0.1, 0.15) is 11.4 Å². The summed E-state index contributed by atoms with van der Waals surface area (Å²) in [5.74, 6) is -2.52. The number of benzene rings is 1. The number of phenolic OH excluding ortho intramolecular Hbond substituents is 1. The van der Waals surface area contributed by atoms with Crippen LogP contribution >= 0.6 is 0 Å². The molecule has 0 saturated heterocycles. The van der Waals surface area contributed by atoms with E-state index in [1.165, 1.54) is 0 Å². The molecule has 0 heterocycles. The minimum atomic E-state index is -0.947. The topological polar surface area (TPSA) is 58.6 Å². The molecule has 6 heteroatoms. The van der Waals surface area contributed by atoms with Crippen molar-refractivity contribution in [2.45, 2.75) is 32.9 Å². The predicted molar refractivity (Wildman–Crippen MR) is 61.1 cm³/mol. The summed E-state index contributed by atoms with van der Waals surface area (Å²) in [6.45, 7) is 4.84. The van der Waals surface area contributed by atoms with E-state index < -0.39 is 29.1 Å². The van der Waals surface area contributed by atoms with Crippen LogP contribution in [0.15, 0.2) is 12.1 Å². The summed E-state index contributed by atoms with van der Waals surface area (Å²) in [6, 6.07) is 1.48. The van der Waals surface area contributed by atoms with Gasteiger partial charge in [-0.25, -0.2) is 13.6 Å². The van der Waals surface area contributed by atoms with Gasteiger partial charge in [-0.1, -0.05) is 0 Å². The van der Waals surface area contributed by atoms with E-state index in [1.807, 2.05) is 0 Å². The highest BCUT2D eigenvalue weighted by Crippen LogP contribution is 2.20. The number of phenols is 1. The lowest BCUT2D eigenvalue weighted by atomic mass is 10.2. The van der Waals surface area contributed by atoms with Crippen molar-refractivity contribution in [1.82, 2.24) is 5.32 Å². The SMILES string of the molecule is CC(C)(C)OC(=O)NCc1cc(F)c(O)cc1F. The van der Waals surface area contributed by atoms with Crippen LogP contribution in [-0.4, -0.2) is 16.8 Å². The maximum absolute atomic E-state index is 13.3. The van der Waals surface area contributed by atoms with Crippen molar-refractivity contribution >= 4 is 6.09 Å². The van der Waals surface area contributed by atoms with Crippen LogP contribution in [0.1, 0.15) is 26.3 Å². The largest absolute Gasteiger partial charge is 0.505 e. The van der Waals surface area contributed by atoms with Crippen LogP contribution < -0.4 is 5.32 Å². The highest BCUT2D eigenvalue weighted by Gasteiger charge is 2.16. The molecular formula is C12H15F2NO3. The maximum Gasteiger partial charge on any atom is 0.407 e. The number of hydrogen-bond acceptors (Lipinski definition) is 3. The summed E-state index contributed by atoms with van der Waals surface area (Å²) < 4.78 is 31.2. The molecule has 0 unspecified atom stereocenters. The molecule has 2 N–H and O–H groups in total. The molecular weight excluding hydrogens is 244 g/mol. The first-order chi connectivity index (χ1) is 8.19. The lowest BCUT2D eigenvalue weighted by Crippen LogP contribution is -2.32. The van der Waals surface area contributed by atoms with Gasteiger partial charge >= 0.3 is 6.09 Å². The zero-order chi connectivity index (χ0) is 13.9. The second-order valence-electron chi connectivity index (χ2n) is 4.75. The van der Waals surface area contributed by atoms with E-state index >= 15 is 0 Å². The van der Waals surface area contributed by atoms with Crippen molar-refractivity contribution in [3.8, 4) is 5.75 Å². The summed E-state index contributed by atoms with van der Waals surface area (Å²) in [7, 11) is 0. The van der Waals surface area contributed by atoms with Gasteiger partial charge in [0, 0.05) is 18.2 Å². The Hall–Kier alpha value is -1.85. The first kappa shape index (κ1) is 14.2. The molecule has 0 aromatic heterocycles. The highest BCUT2D eigenvalue weighted by molar-refractivity contribution is 5.67. The van der Waals surface area contributed by atoms with Crippen LogP contribution in [0.2, 0.25) is 0 Å². The third-order valence-electron chi connectivity index (χ3n) is 1.94. The zero-order valence-electron chi connectivity index (χ0n) is 10.4. The molecule has 0 fully saturated rings. The Morgan fingerprint density at radius 1 is 1.33 bits per heavy atom. The molecule has 1 aromatic carbocycles. The van der Waals surface area contributed by atoms with E-state index in [4.69, 9.17) is 9.84 Å². The number of amides is 1. The summed E-state index contributed by atoms with van der Waals surface area (Å²) in [4.78, 5) is 11.3. The molecule has 0 aliphatic rings. The highest BCUT2D eigenvalue weighted by atomic mass is 19.1. The van der Waals surface area contributed by atoms with E-state index in [-0.39, 0.29) is 12.1 Å². The molecule has 0 saturated carbocycles. The van der Waals surface area contributed by atoms with Crippen molar-refractivity contribution in [2.75, 3.05) is 0 Å². The van der Waals surface area contributed by atoms with E-state index in [0.717, 1.165) is 6.07 Å². The van der Waals surface area contributed by atoms with Crippen LogP contribution in [0.3, 0.4) is 0 Å². The molecule has 1 amide bonds. The monoisotopic (exact) mass is 259 g/mol. The van der Waals surface area contributed by atoms with E-state index in [2.05, 4.69) is 5.32 Å². The van der Waals surface area contributed by atoms with E-state index in [0.29, 0.717) is 6.07 Å². The van der Waals surface area contributed by atoms with Crippen molar-refractivity contribution in [1.29, 1.82) is 0 Å². The molecule has 0 atom stereocenters. The second-order valence-corrected chi connectivity index (χ2v) is 4.75. The third-order valence-corrected chi connectivity index (χ3v) is 1.94. The molecule has 18 heavy (non-hydrogen) atoms.